The third kappa shape index (κ3) is 4.49. The molecule has 0 spiro atoms. The number of hydrogen-bond donors (Lipinski definition) is 0. The maximum atomic E-state index is 11.3. The van der Waals surface area contributed by atoms with Crippen LogP contribution in [0.25, 0.3) is 5.57 Å². The van der Waals surface area contributed by atoms with Crippen molar-refractivity contribution in [3.8, 4) is 5.75 Å². The van der Waals surface area contributed by atoms with E-state index < -0.39 is 0 Å². The summed E-state index contributed by atoms with van der Waals surface area (Å²) in [5.41, 5.74) is 2.89. The van der Waals surface area contributed by atoms with E-state index in [1.165, 1.54) is 13.2 Å². The van der Waals surface area contributed by atoms with Crippen LogP contribution in [0.5, 0.6) is 5.75 Å². The largest absolute Gasteiger partial charge is 0.489 e. The minimum atomic E-state index is -0.358. The molecule has 0 bridgehead atoms. The molecule has 0 aromatic heterocycles. The first kappa shape index (κ1) is 14.9. The summed E-state index contributed by atoms with van der Waals surface area (Å²) >= 11 is 0. The van der Waals surface area contributed by atoms with Crippen molar-refractivity contribution in [1.82, 2.24) is 0 Å². The molecule has 0 aliphatic carbocycles. The van der Waals surface area contributed by atoms with Crippen molar-refractivity contribution in [2.24, 2.45) is 0 Å². The topological polar surface area (TPSA) is 35.5 Å². The molecule has 21 heavy (non-hydrogen) atoms. The predicted octanol–water partition coefficient (Wildman–Crippen LogP) is 3.84. The van der Waals surface area contributed by atoms with Gasteiger partial charge in [-0.25, -0.2) is 4.79 Å². The van der Waals surface area contributed by atoms with Crippen molar-refractivity contribution in [2.75, 3.05) is 7.11 Å². The van der Waals surface area contributed by atoms with Gasteiger partial charge in [-0.1, -0.05) is 42.5 Å². The quantitative estimate of drug-likeness (QED) is 0.617. The van der Waals surface area contributed by atoms with Crippen molar-refractivity contribution >= 4 is 11.5 Å². The van der Waals surface area contributed by atoms with Crippen molar-refractivity contribution in [3.63, 3.8) is 0 Å². The number of carbonyl (C=O) groups excluding carboxylic acids is 1. The summed E-state index contributed by atoms with van der Waals surface area (Å²) in [6, 6.07) is 17.6. The Bertz CT molecular complexity index is 630. The van der Waals surface area contributed by atoms with E-state index in [1.807, 2.05) is 61.5 Å². The fourth-order valence-corrected chi connectivity index (χ4v) is 1.89. The first-order chi connectivity index (χ1) is 10.2. The van der Waals surface area contributed by atoms with Crippen LogP contribution in [0.2, 0.25) is 0 Å². The van der Waals surface area contributed by atoms with Gasteiger partial charge in [0, 0.05) is 6.08 Å². The van der Waals surface area contributed by atoms with Gasteiger partial charge in [-0.05, 0) is 35.8 Å². The van der Waals surface area contributed by atoms with Crippen molar-refractivity contribution in [3.05, 3.63) is 71.8 Å². The molecular weight excluding hydrogens is 264 g/mol. The van der Waals surface area contributed by atoms with Gasteiger partial charge in [0.05, 0.1) is 7.11 Å². The highest BCUT2D eigenvalue weighted by Crippen LogP contribution is 2.20. The number of hydrogen-bond acceptors (Lipinski definition) is 3. The van der Waals surface area contributed by atoms with E-state index in [1.54, 1.807) is 0 Å². The molecule has 0 radical (unpaired) electrons. The Morgan fingerprint density at radius 2 is 1.86 bits per heavy atom. The predicted molar refractivity (Wildman–Crippen MR) is 82.9 cm³/mol. The van der Waals surface area contributed by atoms with Crippen LogP contribution in [-0.2, 0) is 16.1 Å². The van der Waals surface area contributed by atoms with Gasteiger partial charge in [0.25, 0.3) is 0 Å². The molecule has 0 N–H and O–H groups in total. The smallest absolute Gasteiger partial charge is 0.330 e. The zero-order chi connectivity index (χ0) is 15.1. The zero-order valence-electron chi connectivity index (χ0n) is 12.2. The fourth-order valence-electron chi connectivity index (χ4n) is 1.89. The lowest BCUT2D eigenvalue weighted by Gasteiger charge is -2.08. The third-order valence-electron chi connectivity index (χ3n) is 3.07. The van der Waals surface area contributed by atoms with Gasteiger partial charge in [-0.2, -0.15) is 0 Å². The molecule has 2 aromatic rings. The number of carbonyl (C=O) groups is 1. The third-order valence-corrected chi connectivity index (χ3v) is 3.07. The van der Waals surface area contributed by atoms with Crippen LogP contribution in [0, 0.1) is 0 Å². The highest BCUT2D eigenvalue weighted by molar-refractivity contribution is 5.90. The number of benzene rings is 2. The standard InChI is InChI=1S/C18H18O3/c1-14(11-18(19)20-2)16-9-6-10-17(12-16)21-13-15-7-4-3-5-8-15/h3-12H,13H2,1-2H3. The Hall–Kier alpha value is -2.55. The van der Waals surface area contributed by atoms with E-state index in [2.05, 4.69) is 4.74 Å². The van der Waals surface area contributed by atoms with E-state index in [0.29, 0.717) is 6.61 Å². The molecule has 3 heteroatoms. The van der Waals surface area contributed by atoms with Crippen LogP contribution >= 0.6 is 0 Å². The first-order valence-corrected chi connectivity index (χ1v) is 6.72. The van der Waals surface area contributed by atoms with Gasteiger partial charge >= 0.3 is 5.97 Å². The fraction of sp³-hybridized carbons (Fsp3) is 0.167. The Balaban J connectivity index is 2.07. The van der Waals surface area contributed by atoms with Crippen LogP contribution in [-0.4, -0.2) is 13.1 Å². The summed E-state index contributed by atoms with van der Waals surface area (Å²) in [4.78, 5) is 11.3. The first-order valence-electron chi connectivity index (χ1n) is 6.72. The number of rotatable bonds is 5. The molecule has 0 atom stereocenters. The van der Waals surface area contributed by atoms with Crippen molar-refractivity contribution < 1.29 is 14.3 Å². The summed E-state index contributed by atoms with van der Waals surface area (Å²) in [7, 11) is 1.37. The second-order valence-corrected chi connectivity index (χ2v) is 4.65. The molecule has 0 amide bonds. The summed E-state index contributed by atoms with van der Waals surface area (Å²) in [5.74, 6) is 0.414. The van der Waals surface area contributed by atoms with E-state index in [0.717, 1.165) is 22.4 Å². The lowest BCUT2D eigenvalue weighted by Crippen LogP contribution is -1.97. The molecule has 2 aromatic carbocycles. The summed E-state index contributed by atoms with van der Waals surface area (Å²) in [6.07, 6.45) is 1.47. The highest BCUT2D eigenvalue weighted by Gasteiger charge is 2.02. The van der Waals surface area contributed by atoms with Gasteiger partial charge in [0.1, 0.15) is 12.4 Å². The second kappa shape index (κ2) is 7.29. The van der Waals surface area contributed by atoms with Gasteiger partial charge < -0.3 is 9.47 Å². The summed E-state index contributed by atoms with van der Waals surface area (Å²) in [5, 5.41) is 0. The van der Waals surface area contributed by atoms with E-state index in [4.69, 9.17) is 4.74 Å². The maximum Gasteiger partial charge on any atom is 0.330 e. The number of allylic oxidation sites excluding steroid dienone is 1. The van der Waals surface area contributed by atoms with Gasteiger partial charge in [0.15, 0.2) is 0 Å². The van der Waals surface area contributed by atoms with Crippen LogP contribution in [0.3, 0.4) is 0 Å². The minimum absolute atomic E-state index is 0.358. The molecule has 0 unspecified atom stereocenters. The monoisotopic (exact) mass is 282 g/mol. The molecule has 2 rings (SSSR count). The average Bonchev–Trinajstić information content (AvgIpc) is 2.54. The second-order valence-electron chi connectivity index (χ2n) is 4.65. The van der Waals surface area contributed by atoms with Crippen LogP contribution in [0.15, 0.2) is 60.7 Å². The molecule has 0 fully saturated rings. The Kier molecular flexibility index (Phi) is 5.16. The maximum absolute atomic E-state index is 11.3. The Labute approximate surface area is 124 Å². The number of methoxy groups -OCH3 is 1. The Morgan fingerprint density at radius 1 is 1.10 bits per heavy atom. The molecule has 108 valence electrons. The number of esters is 1. The van der Waals surface area contributed by atoms with Gasteiger partial charge in [0.2, 0.25) is 0 Å². The van der Waals surface area contributed by atoms with Crippen molar-refractivity contribution in [2.45, 2.75) is 13.5 Å². The Morgan fingerprint density at radius 3 is 2.57 bits per heavy atom. The zero-order valence-corrected chi connectivity index (χ0v) is 12.2. The highest BCUT2D eigenvalue weighted by atomic mass is 16.5. The van der Waals surface area contributed by atoms with Gasteiger partial charge in [-0.15, -0.1) is 0 Å². The van der Waals surface area contributed by atoms with E-state index in [-0.39, 0.29) is 5.97 Å². The lowest BCUT2D eigenvalue weighted by atomic mass is 10.1. The SMILES string of the molecule is COC(=O)C=C(C)c1cccc(OCc2ccccc2)c1. The number of ether oxygens (including phenoxy) is 2. The minimum Gasteiger partial charge on any atom is -0.489 e. The van der Waals surface area contributed by atoms with Crippen LogP contribution in [0.1, 0.15) is 18.1 Å². The van der Waals surface area contributed by atoms with Crippen LogP contribution in [0.4, 0.5) is 0 Å². The van der Waals surface area contributed by atoms with E-state index >= 15 is 0 Å². The molecule has 0 aliphatic rings. The molecule has 0 aliphatic heterocycles. The normalized spacial score (nSPS) is 11.0. The molecule has 0 saturated carbocycles. The summed E-state index contributed by atoms with van der Waals surface area (Å²) in [6.45, 7) is 2.39. The summed E-state index contributed by atoms with van der Waals surface area (Å²) < 4.78 is 10.4. The van der Waals surface area contributed by atoms with Crippen LogP contribution < -0.4 is 4.74 Å². The van der Waals surface area contributed by atoms with Gasteiger partial charge in [-0.3, -0.25) is 0 Å². The average molecular weight is 282 g/mol. The molecule has 0 saturated heterocycles. The molecule has 0 heterocycles. The van der Waals surface area contributed by atoms with Crippen molar-refractivity contribution in [1.29, 1.82) is 0 Å². The van der Waals surface area contributed by atoms with E-state index in [9.17, 15) is 4.79 Å². The molecule has 3 nitrogen and oxygen atoms in total. The lowest BCUT2D eigenvalue weighted by molar-refractivity contribution is -0.134. The molecular formula is C18H18O3.